The second kappa shape index (κ2) is 7.73. The number of hydrogen-bond donors (Lipinski definition) is 2. The van der Waals surface area contributed by atoms with E-state index in [9.17, 15) is 0 Å². The zero-order chi connectivity index (χ0) is 17.8. The molecule has 0 fully saturated rings. The van der Waals surface area contributed by atoms with Gasteiger partial charge in [-0.2, -0.15) is 0 Å². The van der Waals surface area contributed by atoms with Crippen molar-refractivity contribution in [2.45, 2.75) is 31.9 Å². The van der Waals surface area contributed by atoms with E-state index in [1.807, 2.05) is 30.3 Å². The highest BCUT2D eigenvalue weighted by Gasteiger charge is 2.17. The highest BCUT2D eigenvalue weighted by atomic mass is 16.5. The van der Waals surface area contributed by atoms with Gasteiger partial charge in [0.2, 0.25) is 0 Å². The average Bonchev–Trinajstić information content (AvgIpc) is 3.16. The highest BCUT2D eigenvalue weighted by Crippen LogP contribution is 2.29. The van der Waals surface area contributed by atoms with Crippen molar-refractivity contribution in [2.75, 3.05) is 0 Å². The van der Waals surface area contributed by atoms with Crippen molar-refractivity contribution < 1.29 is 4.74 Å². The number of ether oxygens (including phenoxy) is 1. The van der Waals surface area contributed by atoms with Crippen molar-refractivity contribution in [2.24, 2.45) is 5.84 Å². The molecule has 0 aromatic heterocycles. The number of hydrogen-bond acceptors (Lipinski definition) is 3. The van der Waals surface area contributed by atoms with Crippen molar-refractivity contribution in [1.29, 1.82) is 0 Å². The standard InChI is InChI=1S/C23H24N2O/c24-25-23(21-13-12-18-8-4-9-19(18)14-21)20-10-5-11-22(15-20)26-16-17-6-2-1-3-7-17/h1-3,5-7,10-15,23,25H,4,8-9,16,24H2. The van der Waals surface area contributed by atoms with E-state index in [0.29, 0.717) is 6.61 Å². The molecule has 3 N–H and O–H groups in total. The largest absolute Gasteiger partial charge is 0.489 e. The zero-order valence-corrected chi connectivity index (χ0v) is 14.8. The Labute approximate surface area is 154 Å². The molecule has 3 aromatic rings. The predicted octanol–water partition coefficient (Wildman–Crippen LogP) is 4.31. The van der Waals surface area contributed by atoms with Crippen LogP contribution >= 0.6 is 0 Å². The van der Waals surface area contributed by atoms with Gasteiger partial charge in [0.15, 0.2) is 0 Å². The van der Waals surface area contributed by atoms with Crippen LogP contribution in [0.25, 0.3) is 0 Å². The molecule has 3 aromatic carbocycles. The van der Waals surface area contributed by atoms with Crippen molar-refractivity contribution in [1.82, 2.24) is 5.43 Å². The average molecular weight is 344 g/mol. The van der Waals surface area contributed by atoms with E-state index >= 15 is 0 Å². The number of hydrazine groups is 1. The minimum absolute atomic E-state index is 0.0406. The Balaban J connectivity index is 1.54. The predicted molar refractivity (Wildman–Crippen MR) is 105 cm³/mol. The summed E-state index contributed by atoms with van der Waals surface area (Å²) in [6.45, 7) is 0.559. The summed E-state index contributed by atoms with van der Waals surface area (Å²) < 4.78 is 5.97. The molecule has 4 rings (SSSR count). The number of rotatable bonds is 6. The lowest BCUT2D eigenvalue weighted by Gasteiger charge is -2.19. The molecule has 3 nitrogen and oxygen atoms in total. The fourth-order valence-electron chi connectivity index (χ4n) is 3.68. The number of fused-ring (bicyclic) bond motifs is 1. The van der Waals surface area contributed by atoms with Crippen molar-refractivity contribution >= 4 is 0 Å². The minimum Gasteiger partial charge on any atom is -0.489 e. The van der Waals surface area contributed by atoms with Crippen molar-refractivity contribution in [3.8, 4) is 5.75 Å². The molecule has 0 saturated heterocycles. The SMILES string of the molecule is NNC(c1cccc(OCc2ccccc2)c1)c1ccc2c(c1)CCC2. The molecule has 0 bridgehead atoms. The van der Waals surface area contributed by atoms with Crippen LogP contribution in [0, 0.1) is 0 Å². The third kappa shape index (κ3) is 3.64. The Morgan fingerprint density at radius 2 is 1.65 bits per heavy atom. The first-order valence-electron chi connectivity index (χ1n) is 9.18. The topological polar surface area (TPSA) is 47.3 Å². The molecule has 1 aliphatic carbocycles. The Kier molecular flexibility index (Phi) is 5.00. The molecule has 26 heavy (non-hydrogen) atoms. The maximum absolute atomic E-state index is 5.97. The maximum atomic E-state index is 5.97. The normalized spacial score (nSPS) is 14.0. The Morgan fingerprint density at radius 3 is 2.50 bits per heavy atom. The summed E-state index contributed by atoms with van der Waals surface area (Å²) >= 11 is 0. The lowest BCUT2D eigenvalue weighted by molar-refractivity contribution is 0.305. The van der Waals surface area contributed by atoms with Gasteiger partial charge in [0.05, 0.1) is 6.04 Å². The summed E-state index contributed by atoms with van der Waals surface area (Å²) in [5.74, 6) is 6.76. The lowest BCUT2D eigenvalue weighted by atomic mass is 9.96. The molecule has 0 radical (unpaired) electrons. The van der Waals surface area contributed by atoms with Gasteiger partial charge in [-0.1, -0.05) is 60.7 Å². The molecule has 3 heteroatoms. The molecule has 132 valence electrons. The third-order valence-electron chi connectivity index (χ3n) is 5.06. The first-order valence-corrected chi connectivity index (χ1v) is 9.18. The van der Waals surface area contributed by atoms with Crippen LogP contribution in [0.4, 0.5) is 0 Å². The summed E-state index contributed by atoms with van der Waals surface area (Å²) in [6, 6.07) is 25.1. The number of aryl methyl sites for hydroxylation is 2. The van der Waals surface area contributed by atoms with E-state index < -0.39 is 0 Å². The van der Waals surface area contributed by atoms with Crippen molar-refractivity contribution in [3.63, 3.8) is 0 Å². The van der Waals surface area contributed by atoms with Gasteiger partial charge in [-0.3, -0.25) is 5.84 Å². The Bertz CT molecular complexity index is 876. The molecule has 0 saturated carbocycles. The van der Waals surface area contributed by atoms with E-state index in [2.05, 4.69) is 47.9 Å². The van der Waals surface area contributed by atoms with Crippen LogP contribution in [0.3, 0.4) is 0 Å². The molecule has 0 heterocycles. The van der Waals surface area contributed by atoms with E-state index in [-0.39, 0.29) is 6.04 Å². The van der Waals surface area contributed by atoms with Gasteiger partial charge in [0, 0.05) is 0 Å². The Hall–Kier alpha value is -2.62. The third-order valence-corrected chi connectivity index (χ3v) is 5.06. The molecule has 1 aliphatic rings. The number of nitrogens with one attached hydrogen (secondary N) is 1. The second-order valence-electron chi connectivity index (χ2n) is 6.83. The summed E-state index contributed by atoms with van der Waals surface area (Å²) in [5, 5.41) is 0. The van der Waals surface area contributed by atoms with E-state index in [4.69, 9.17) is 10.6 Å². The lowest BCUT2D eigenvalue weighted by Crippen LogP contribution is -2.28. The van der Waals surface area contributed by atoms with Gasteiger partial charge in [-0.15, -0.1) is 0 Å². The van der Waals surface area contributed by atoms with Crippen LogP contribution in [0.5, 0.6) is 5.75 Å². The van der Waals surface area contributed by atoms with Gasteiger partial charge in [0.1, 0.15) is 12.4 Å². The van der Waals surface area contributed by atoms with Crippen LogP contribution in [0.1, 0.15) is 40.3 Å². The van der Waals surface area contributed by atoms with Gasteiger partial charge >= 0.3 is 0 Å². The van der Waals surface area contributed by atoms with Crippen LogP contribution in [-0.2, 0) is 19.4 Å². The fourth-order valence-corrected chi connectivity index (χ4v) is 3.68. The van der Waals surface area contributed by atoms with E-state index in [1.165, 1.54) is 36.0 Å². The molecule has 1 unspecified atom stereocenters. The second-order valence-corrected chi connectivity index (χ2v) is 6.83. The molecule has 0 aliphatic heterocycles. The summed E-state index contributed by atoms with van der Waals surface area (Å²) in [6.07, 6.45) is 3.61. The maximum Gasteiger partial charge on any atom is 0.120 e. The summed E-state index contributed by atoms with van der Waals surface area (Å²) in [4.78, 5) is 0. The number of nitrogens with two attached hydrogens (primary N) is 1. The van der Waals surface area contributed by atoms with E-state index in [1.54, 1.807) is 0 Å². The van der Waals surface area contributed by atoms with Gasteiger partial charge in [-0.25, -0.2) is 5.43 Å². The minimum atomic E-state index is -0.0406. The van der Waals surface area contributed by atoms with Gasteiger partial charge in [-0.05, 0) is 59.2 Å². The van der Waals surface area contributed by atoms with Crippen molar-refractivity contribution in [3.05, 3.63) is 101 Å². The summed E-state index contributed by atoms with van der Waals surface area (Å²) in [5.41, 5.74) is 9.37. The van der Waals surface area contributed by atoms with Crippen LogP contribution in [0.15, 0.2) is 72.8 Å². The first-order chi connectivity index (χ1) is 12.8. The molecular formula is C23H24N2O. The van der Waals surface area contributed by atoms with E-state index in [0.717, 1.165) is 16.9 Å². The Morgan fingerprint density at radius 1 is 0.846 bits per heavy atom. The molecule has 1 atom stereocenters. The number of benzene rings is 3. The molecule has 0 spiro atoms. The first kappa shape index (κ1) is 16.8. The van der Waals surface area contributed by atoms with Gasteiger partial charge < -0.3 is 4.74 Å². The van der Waals surface area contributed by atoms with Crippen LogP contribution < -0.4 is 16.0 Å². The monoisotopic (exact) mass is 344 g/mol. The van der Waals surface area contributed by atoms with Gasteiger partial charge in [0.25, 0.3) is 0 Å². The molecule has 0 amide bonds. The van der Waals surface area contributed by atoms with Crippen LogP contribution in [-0.4, -0.2) is 0 Å². The zero-order valence-electron chi connectivity index (χ0n) is 14.8. The molecular weight excluding hydrogens is 320 g/mol. The quantitative estimate of drug-likeness (QED) is 0.517. The smallest absolute Gasteiger partial charge is 0.120 e. The van der Waals surface area contributed by atoms with Crippen LogP contribution in [0.2, 0.25) is 0 Å². The summed E-state index contributed by atoms with van der Waals surface area (Å²) in [7, 11) is 0. The fraction of sp³-hybridized carbons (Fsp3) is 0.217. The highest BCUT2D eigenvalue weighted by molar-refractivity contribution is 5.41.